The van der Waals surface area contributed by atoms with Crippen molar-refractivity contribution in [1.29, 1.82) is 0 Å². The molecule has 1 saturated carbocycles. The Bertz CT molecular complexity index is 611. The number of nitrogens with one attached hydrogen (secondary N) is 1. The van der Waals surface area contributed by atoms with Crippen LogP contribution in [0.25, 0.3) is 0 Å². The standard InChI is InChI=1S/C12H17N3O4S/c13-11-5-4-10(15(16)17)8-12(11)20(18,19)14-7-6-9-2-1-3-9/h4-5,8-9,14H,1-3,6-7,13H2. The van der Waals surface area contributed by atoms with E-state index in [-0.39, 0.29) is 16.3 Å². The number of nitro benzene ring substituents is 1. The van der Waals surface area contributed by atoms with E-state index in [2.05, 4.69) is 4.72 Å². The van der Waals surface area contributed by atoms with Gasteiger partial charge in [0.15, 0.2) is 0 Å². The van der Waals surface area contributed by atoms with E-state index >= 15 is 0 Å². The van der Waals surface area contributed by atoms with Crippen molar-refractivity contribution >= 4 is 21.4 Å². The van der Waals surface area contributed by atoms with Crippen LogP contribution in [0.4, 0.5) is 11.4 Å². The molecule has 0 unspecified atom stereocenters. The van der Waals surface area contributed by atoms with Gasteiger partial charge in [-0.1, -0.05) is 19.3 Å². The quantitative estimate of drug-likeness (QED) is 0.470. The molecule has 0 saturated heterocycles. The third-order valence-corrected chi connectivity index (χ3v) is 5.08. The number of non-ortho nitro benzene ring substituents is 1. The Kier molecular flexibility index (Phi) is 4.24. The maximum Gasteiger partial charge on any atom is 0.270 e. The lowest BCUT2D eigenvalue weighted by Crippen LogP contribution is -2.28. The summed E-state index contributed by atoms with van der Waals surface area (Å²) in [6.45, 7) is 0.329. The lowest BCUT2D eigenvalue weighted by Gasteiger charge is -2.25. The van der Waals surface area contributed by atoms with Crippen LogP contribution in [0.15, 0.2) is 23.1 Å². The summed E-state index contributed by atoms with van der Waals surface area (Å²) in [5, 5.41) is 10.7. The second-order valence-corrected chi connectivity index (χ2v) is 6.70. The maximum atomic E-state index is 12.1. The summed E-state index contributed by atoms with van der Waals surface area (Å²) >= 11 is 0. The summed E-state index contributed by atoms with van der Waals surface area (Å²) in [6, 6.07) is 3.41. The van der Waals surface area contributed by atoms with Crippen molar-refractivity contribution in [2.45, 2.75) is 30.6 Å². The van der Waals surface area contributed by atoms with E-state index in [1.165, 1.54) is 18.6 Å². The van der Waals surface area contributed by atoms with Gasteiger partial charge in [0.2, 0.25) is 10.0 Å². The predicted molar refractivity (Wildman–Crippen MR) is 74.7 cm³/mol. The Morgan fingerprint density at radius 2 is 2.10 bits per heavy atom. The van der Waals surface area contributed by atoms with Gasteiger partial charge in [0.25, 0.3) is 5.69 Å². The van der Waals surface area contributed by atoms with Crippen LogP contribution in [0.1, 0.15) is 25.7 Å². The highest BCUT2D eigenvalue weighted by Crippen LogP contribution is 2.29. The highest BCUT2D eigenvalue weighted by atomic mass is 32.2. The molecule has 1 aliphatic carbocycles. The van der Waals surface area contributed by atoms with E-state index in [9.17, 15) is 18.5 Å². The third kappa shape index (κ3) is 3.26. The summed E-state index contributed by atoms with van der Waals surface area (Å²) in [5.41, 5.74) is 5.32. The first-order valence-electron chi connectivity index (χ1n) is 6.44. The van der Waals surface area contributed by atoms with E-state index in [1.54, 1.807) is 0 Å². The monoisotopic (exact) mass is 299 g/mol. The Labute approximate surface area is 117 Å². The van der Waals surface area contributed by atoms with Crippen molar-refractivity contribution < 1.29 is 13.3 Å². The molecule has 0 aromatic heterocycles. The number of nitrogens with zero attached hydrogens (tertiary/aromatic N) is 1. The predicted octanol–water partition coefficient (Wildman–Crippen LogP) is 1.65. The van der Waals surface area contributed by atoms with Crippen molar-refractivity contribution in [2.24, 2.45) is 5.92 Å². The molecule has 2 rings (SSSR count). The molecule has 1 fully saturated rings. The topological polar surface area (TPSA) is 115 Å². The largest absolute Gasteiger partial charge is 0.398 e. The molecular weight excluding hydrogens is 282 g/mol. The zero-order valence-corrected chi connectivity index (χ0v) is 11.7. The number of anilines is 1. The van der Waals surface area contributed by atoms with E-state index < -0.39 is 14.9 Å². The van der Waals surface area contributed by atoms with E-state index in [4.69, 9.17) is 5.73 Å². The molecule has 0 atom stereocenters. The number of sulfonamides is 1. The van der Waals surface area contributed by atoms with E-state index in [0.29, 0.717) is 12.5 Å². The highest BCUT2D eigenvalue weighted by Gasteiger charge is 2.22. The van der Waals surface area contributed by atoms with Crippen LogP contribution in [0, 0.1) is 16.0 Å². The molecule has 1 aliphatic rings. The molecule has 1 aromatic carbocycles. The SMILES string of the molecule is Nc1ccc([N+](=O)[O-])cc1S(=O)(=O)NCCC1CCC1. The summed E-state index contributed by atoms with van der Waals surface area (Å²) in [6.07, 6.45) is 4.27. The van der Waals surface area contributed by atoms with Crippen LogP contribution < -0.4 is 10.5 Å². The van der Waals surface area contributed by atoms with Crippen molar-refractivity contribution in [2.75, 3.05) is 12.3 Å². The zero-order chi connectivity index (χ0) is 14.8. The van der Waals surface area contributed by atoms with Gasteiger partial charge in [-0.3, -0.25) is 10.1 Å². The van der Waals surface area contributed by atoms with Gasteiger partial charge >= 0.3 is 0 Å². The van der Waals surface area contributed by atoms with Crippen LogP contribution >= 0.6 is 0 Å². The van der Waals surface area contributed by atoms with Crippen molar-refractivity contribution in [1.82, 2.24) is 4.72 Å². The first-order chi connectivity index (χ1) is 9.40. The molecule has 20 heavy (non-hydrogen) atoms. The molecule has 110 valence electrons. The average Bonchev–Trinajstić information content (AvgIpc) is 2.32. The fourth-order valence-corrected chi connectivity index (χ4v) is 3.32. The minimum absolute atomic E-state index is 0.00624. The number of nitrogens with two attached hydrogens (primary N) is 1. The van der Waals surface area contributed by atoms with Crippen LogP contribution in [-0.4, -0.2) is 19.9 Å². The maximum absolute atomic E-state index is 12.1. The third-order valence-electron chi connectivity index (χ3n) is 3.57. The van der Waals surface area contributed by atoms with Gasteiger partial charge in [-0.15, -0.1) is 0 Å². The number of benzene rings is 1. The molecule has 0 spiro atoms. The molecule has 0 radical (unpaired) electrons. The second kappa shape index (κ2) is 5.76. The molecular formula is C12H17N3O4S. The van der Waals surface area contributed by atoms with Crippen LogP contribution in [0.5, 0.6) is 0 Å². The molecule has 7 nitrogen and oxygen atoms in total. The Morgan fingerprint density at radius 1 is 1.40 bits per heavy atom. The molecule has 0 heterocycles. The van der Waals surface area contributed by atoms with Crippen molar-refractivity contribution in [3.8, 4) is 0 Å². The molecule has 0 amide bonds. The normalized spacial score (nSPS) is 15.8. The first-order valence-corrected chi connectivity index (χ1v) is 7.92. The van der Waals surface area contributed by atoms with E-state index in [1.807, 2.05) is 0 Å². The smallest absolute Gasteiger partial charge is 0.270 e. The lowest BCUT2D eigenvalue weighted by molar-refractivity contribution is -0.385. The number of hydrogen-bond acceptors (Lipinski definition) is 5. The van der Waals surface area contributed by atoms with Crippen molar-refractivity contribution in [3.05, 3.63) is 28.3 Å². The highest BCUT2D eigenvalue weighted by molar-refractivity contribution is 7.89. The van der Waals surface area contributed by atoms with Gasteiger partial charge in [-0.05, 0) is 18.4 Å². The fraction of sp³-hybridized carbons (Fsp3) is 0.500. The van der Waals surface area contributed by atoms with Crippen LogP contribution in [0.3, 0.4) is 0 Å². The Balaban J connectivity index is 2.10. The number of nitrogen functional groups attached to an aromatic ring is 1. The summed E-state index contributed by atoms with van der Waals surface area (Å²) in [5.74, 6) is 0.583. The fourth-order valence-electron chi connectivity index (χ4n) is 2.13. The Morgan fingerprint density at radius 3 is 2.65 bits per heavy atom. The van der Waals surface area contributed by atoms with Gasteiger partial charge < -0.3 is 5.73 Å². The van der Waals surface area contributed by atoms with E-state index in [0.717, 1.165) is 25.3 Å². The summed E-state index contributed by atoms with van der Waals surface area (Å²) in [7, 11) is -3.81. The minimum atomic E-state index is -3.81. The van der Waals surface area contributed by atoms with Gasteiger partial charge in [-0.25, -0.2) is 13.1 Å². The first kappa shape index (κ1) is 14.7. The number of rotatable bonds is 6. The Hall–Kier alpha value is -1.67. The number of nitro groups is 1. The van der Waals surface area contributed by atoms with Gasteiger partial charge in [0.1, 0.15) is 4.90 Å². The molecule has 8 heteroatoms. The van der Waals surface area contributed by atoms with Crippen molar-refractivity contribution in [3.63, 3.8) is 0 Å². The minimum Gasteiger partial charge on any atom is -0.398 e. The zero-order valence-electron chi connectivity index (χ0n) is 10.9. The van der Waals surface area contributed by atoms with Crippen LogP contribution in [-0.2, 0) is 10.0 Å². The molecule has 0 aliphatic heterocycles. The second-order valence-electron chi connectivity index (χ2n) is 4.96. The number of hydrogen-bond donors (Lipinski definition) is 2. The van der Waals surface area contributed by atoms with Gasteiger partial charge in [0.05, 0.1) is 10.6 Å². The van der Waals surface area contributed by atoms with Crippen LogP contribution in [0.2, 0.25) is 0 Å². The van der Waals surface area contributed by atoms with Gasteiger partial charge in [0, 0.05) is 18.7 Å². The average molecular weight is 299 g/mol. The summed E-state index contributed by atoms with van der Waals surface area (Å²) < 4.78 is 26.7. The van der Waals surface area contributed by atoms with Gasteiger partial charge in [-0.2, -0.15) is 0 Å². The lowest BCUT2D eigenvalue weighted by atomic mass is 9.83. The molecule has 1 aromatic rings. The summed E-state index contributed by atoms with van der Waals surface area (Å²) in [4.78, 5) is 9.81. The molecule has 0 bridgehead atoms. The molecule has 3 N–H and O–H groups in total.